The minimum absolute atomic E-state index is 0.0157. The molecule has 2 aliphatic heterocycles. The normalized spacial score (nSPS) is 38.5. The summed E-state index contributed by atoms with van der Waals surface area (Å²) in [5.74, 6) is 0. The SMILES string of the molecule is CC(C)(C)[Si](C)(C)O[C@H]1CO[C@H]2[C@@H]1OC[C@@H]2O. The van der Waals surface area contributed by atoms with E-state index in [9.17, 15) is 5.11 Å². The summed E-state index contributed by atoms with van der Waals surface area (Å²) >= 11 is 0. The molecule has 0 aromatic carbocycles. The van der Waals surface area contributed by atoms with Gasteiger partial charge in [-0.2, -0.15) is 0 Å². The van der Waals surface area contributed by atoms with Crippen molar-refractivity contribution < 1.29 is 19.0 Å². The van der Waals surface area contributed by atoms with E-state index >= 15 is 0 Å². The molecule has 2 fully saturated rings. The monoisotopic (exact) mass is 260 g/mol. The van der Waals surface area contributed by atoms with Gasteiger partial charge in [-0.3, -0.25) is 0 Å². The van der Waals surface area contributed by atoms with Gasteiger partial charge in [0.2, 0.25) is 0 Å². The summed E-state index contributed by atoms with van der Waals surface area (Å²) in [4.78, 5) is 0. The van der Waals surface area contributed by atoms with E-state index in [1.165, 1.54) is 0 Å². The molecule has 1 N–H and O–H groups in total. The van der Waals surface area contributed by atoms with Crippen molar-refractivity contribution in [3.8, 4) is 0 Å². The molecule has 2 saturated heterocycles. The minimum atomic E-state index is -1.79. The molecule has 5 heteroatoms. The highest BCUT2D eigenvalue weighted by Crippen LogP contribution is 2.40. The Hall–Kier alpha value is 0.0569. The molecular formula is C12H24O4Si. The van der Waals surface area contributed by atoms with Gasteiger partial charge in [-0.15, -0.1) is 0 Å². The first-order chi connectivity index (χ1) is 7.72. The smallest absolute Gasteiger partial charge is 0.192 e. The predicted octanol–water partition coefficient (Wildman–Crippen LogP) is 1.54. The van der Waals surface area contributed by atoms with Crippen molar-refractivity contribution >= 4 is 8.32 Å². The predicted molar refractivity (Wildman–Crippen MR) is 67.6 cm³/mol. The molecule has 2 heterocycles. The van der Waals surface area contributed by atoms with Crippen molar-refractivity contribution in [3.05, 3.63) is 0 Å². The van der Waals surface area contributed by atoms with Gasteiger partial charge in [0.1, 0.15) is 18.3 Å². The van der Waals surface area contributed by atoms with Gasteiger partial charge in [-0.05, 0) is 18.1 Å². The van der Waals surface area contributed by atoms with Crippen LogP contribution in [0.5, 0.6) is 0 Å². The first kappa shape index (κ1) is 13.5. The van der Waals surface area contributed by atoms with Gasteiger partial charge in [0, 0.05) is 0 Å². The lowest BCUT2D eigenvalue weighted by atomic mass is 10.1. The lowest BCUT2D eigenvalue weighted by Crippen LogP contribution is -2.47. The van der Waals surface area contributed by atoms with Crippen molar-refractivity contribution in [1.82, 2.24) is 0 Å². The third-order valence-electron chi connectivity index (χ3n) is 4.23. The molecule has 2 aliphatic rings. The molecular weight excluding hydrogens is 236 g/mol. The first-order valence-corrected chi connectivity index (χ1v) is 9.22. The molecule has 0 radical (unpaired) electrons. The quantitative estimate of drug-likeness (QED) is 0.765. The van der Waals surface area contributed by atoms with Crippen LogP contribution in [0.15, 0.2) is 0 Å². The van der Waals surface area contributed by atoms with E-state index in [4.69, 9.17) is 13.9 Å². The van der Waals surface area contributed by atoms with E-state index in [0.717, 1.165) is 0 Å². The molecule has 17 heavy (non-hydrogen) atoms. The summed E-state index contributed by atoms with van der Waals surface area (Å²) in [6, 6.07) is 0. The highest BCUT2D eigenvalue weighted by molar-refractivity contribution is 6.74. The lowest BCUT2D eigenvalue weighted by molar-refractivity contribution is 0.00562. The first-order valence-electron chi connectivity index (χ1n) is 6.31. The van der Waals surface area contributed by atoms with E-state index in [-0.39, 0.29) is 23.4 Å². The Morgan fingerprint density at radius 2 is 1.71 bits per heavy atom. The van der Waals surface area contributed by atoms with E-state index in [1.807, 2.05) is 0 Å². The number of hydrogen-bond donors (Lipinski definition) is 1. The van der Waals surface area contributed by atoms with E-state index < -0.39 is 14.4 Å². The van der Waals surface area contributed by atoms with Crippen LogP contribution in [0, 0.1) is 0 Å². The third kappa shape index (κ3) is 2.44. The molecule has 0 saturated carbocycles. The van der Waals surface area contributed by atoms with Crippen LogP contribution in [-0.2, 0) is 13.9 Å². The number of hydrogen-bond acceptors (Lipinski definition) is 4. The van der Waals surface area contributed by atoms with Crippen LogP contribution in [0.3, 0.4) is 0 Å². The van der Waals surface area contributed by atoms with Crippen LogP contribution in [0.4, 0.5) is 0 Å². The second kappa shape index (κ2) is 4.31. The Balaban J connectivity index is 2.02. The van der Waals surface area contributed by atoms with Crippen LogP contribution >= 0.6 is 0 Å². The van der Waals surface area contributed by atoms with Crippen molar-refractivity contribution in [2.45, 2.75) is 63.3 Å². The molecule has 0 spiro atoms. The molecule has 0 aromatic heterocycles. The molecule has 0 amide bonds. The largest absolute Gasteiger partial charge is 0.409 e. The molecule has 2 rings (SSSR count). The van der Waals surface area contributed by atoms with Crippen LogP contribution in [-0.4, -0.2) is 51.1 Å². The molecule has 0 aromatic rings. The van der Waals surface area contributed by atoms with Crippen LogP contribution in [0.2, 0.25) is 18.1 Å². The number of ether oxygens (including phenoxy) is 2. The zero-order valence-corrected chi connectivity index (χ0v) is 12.4. The summed E-state index contributed by atoms with van der Waals surface area (Å²) in [7, 11) is -1.79. The fourth-order valence-corrected chi connectivity index (χ4v) is 3.41. The Labute approximate surface area is 104 Å². The second-order valence-electron chi connectivity index (χ2n) is 6.58. The Kier molecular flexibility index (Phi) is 3.42. The number of aliphatic hydroxyl groups is 1. The highest BCUT2D eigenvalue weighted by Gasteiger charge is 2.50. The Morgan fingerprint density at radius 3 is 2.29 bits per heavy atom. The second-order valence-corrected chi connectivity index (χ2v) is 11.3. The maximum atomic E-state index is 9.68. The van der Waals surface area contributed by atoms with E-state index in [2.05, 4.69) is 33.9 Å². The fourth-order valence-electron chi connectivity index (χ4n) is 2.10. The molecule has 0 bridgehead atoms. The molecule has 4 nitrogen and oxygen atoms in total. The molecule has 0 unspecified atom stereocenters. The van der Waals surface area contributed by atoms with Crippen molar-refractivity contribution in [1.29, 1.82) is 0 Å². The summed E-state index contributed by atoms with van der Waals surface area (Å²) in [6.07, 6.45) is -0.782. The number of fused-ring (bicyclic) bond motifs is 1. The van der Waals surface area contributed by atoms with Gasteiger partial charge in [-0.1, -0.05) is 20.8 Å². The van der Waals surface area contributed by atoms with Crippen LogP contribution in [0.1, 0.15) is 20.8 Å². The topological polar surface area (TPSA) is 47.9 Å². The highest BCUT2D eigenvalue weighted by atomic mass is 28.4. The maximum absolute atomic E-state index is 9.68. The fraction of sp³-hybridized carbons (Fsp3) is 1.00. The van der Waals surface area contributed by atoms with Gasteiger partial charge in [0.15, 0.2) is 8.32 Å². The van der Waals surface area contributed by atoms with E-state index in [1.54, 1.807) is 0 Å². The van der Waals surface area contributed by atoms with Crippen LogP contribution < -0.4 is 0 Å². The van der Waals surface area contributed by atoms with Gasteiger partial charge in [0.25, 0.3) is 0 Å². The van der Waals surface area contributed by atoms with Gasteiger partial charge < -0.3 is 19.0 Å². The van der Waals surface area contributed by atoms with Crippen molar-refractivity contribution in [3.63, 3.8) is 0 Å². The molecule has 4 atom stereocenters. The van der Waals surface area contributed by atoms with E-state index in [0.29, 0.717) is 13.2 Å². The van der Waals surface area contributed by atoms with Crippen molar-refractivity contribution in [2.24, 2.45) is 0 Å². The molecule has 0 aliphatic carbocycles. The average molecular weight is 260 g/mol. The third-order valence-corrected chi connectivity index (χ3v) is 8.74. The Bertz CT molecular complexity index is 287. The van der Waals surface area contributed by atoms with Gasteiger partial charge in [0.05, 0.1) is 19.3 Å². The Morgan fingerprint density at radius 1 is 1.12 bits per heavy atom. The number of rotatable bonds is 2. The number of aliphatic hydroxyl groups excluding tert-OH is 1. The summed E-state index contributed by atoms with van der Waals surface area (Å²) in [6.45, 7) is 12.0. The maximum Gasteiger partial charge on any atom is 0.192 e. The summed E-state index contributed by atoms with van der Waals surface area (Å²) in [5.41, 5.74) is 0. The minimum Gasteiger partial charge on any atom is -0.409 e. The zero-order valence-electron chi connectivity index (χ0n) is 11.4. The van der Waals surface area contributed by atoms with Crippen molar-refractivity contribution in [2.75, 3.05) is 13.2 Å². The lowest BCUT2D eigenvalue weighted by Gasteiger charge is -2.39. The average Bonchev–Trinajstić information content (AvgIpc) is 2.70. The molecule has 100 valence electrons. The summed E-state index contributed by atoms with van der Waals surface area (Å²) < 4.78 is 17.5. The van der Waals surface area contributed by atoms with Gasteiger partial charge in [-0.25, -0.2) is 0 Å². The van der Waals surface area contributed by atoms with Gasteiger partial charge >= 0.3 is 0 Å². The summed E-state index contributed by atoms with van der Waals surface area (Å²) in [5, 5.41) is 9.86. The zero-order chi connectivity index (χ0) is 12.8. The standard InChI is InChI=1S/C12H24O4Si/c1-12(2,3)17(4,5)16-9-7-15-10-8(13)6-14-11(9)10/h8-11,13H,6-7H2,1-5H3/t8-,9-,10+,11+/m0/s1. The van der Waals surface area contributed by atoms with Crippen LogP contribution in [0.25, 0.3) is 0 Å².